The molecule has 0 aliphatic carbocycles. The fraction of sp³-hybridized carbons (Fsp3) is 0.0714. The van der Waals surface area contributed by atoms with Crippen LogP contribution in [0.2, 0.25) is 0 Å². The van der Waals surface area contributed by atoms with Crippen molar-refractivity contribution >= 4 is 32.4 Å². The van der Waals surface area contributed by atoms with Gasteiger partial charge >= 0.3 is 0 Å². The van der Waals surface area contributed by atoms with Crippen molar-refractivity contribution < 1.29 is 9.13 Å². The van der Waals surface area contributed by atoms with Gasteiger partial charge in [-0.3, -0.25) is 0 Å². The number of nitrogens with zero attached hydrogens (tertiary/aromatic N) is 1. The molecule has 96 valence electrons. The van der Waals surface area contributed by atoms with E-state index in [1.54, 1.807) is 25.3 Å². The lowest BCUT2D eigenvalue weighted by atomic mass is 10.3. The van der Waals surface area contributed by atoms with Crippen molar-refractivity contribution in [1.82, 2.24) is 4.98 Å². The monoisotopic (exact) mass is 274 g/mol. The maximum Gasteiger partial charge on any atom is 0.188 e. The van der Waals surface area contributed by atoms with Crippen LogP contribution in [-0.4, -0.2) is 12.1 Å². The summed E-state index contributed by atoms with van der Waals surface area (Å²) in [4.78, 5) is 4.42. The maximum atomic E-state index is 13.5. The molecule has 0 saturated heterocycles. The van der Waals surface area contributed by atoms with Gasteiger partial charge in [0.15, 0.2) is 5.13 Å². The molecule has 1 aromatic heterocycles. The molecule has 0 bridgehead atoms. The molecule has 3 aromatic rings. The summed E-state index contributed by atoms with van der Waals surface area (Å²) < 4.78 is 19.7. The molecule has 1 heterocycles. The number of thiazole rings is 1. The Labute approximate surface area is 113 Å². The smallest absolute Gasteiger partial charge is 0.188 e. The van der Waals surface area contributed by atoms with E-state index in [0.29, 0.717) is 10.8 Å². The van der Waals surface area contributed by atoms with Crippen LogP contribution in [0, 0.1) is 5.82 Å². The number of benzene rings is 2. The average molecular weight is 274 g/mol. The topological polar surface area (TPSA) is 34.1 Å². The zero-order valence-electron chi connectivity index (χ0n) is 10.2. The van der Waals surface area contributed by atoms with Crippen LogP contribution >= 0.6 is 11.3 Å². The number of anilines is 2. The van der Waals surface area contributed by atoms with Crippen LogP contribution in [0.5, 0.6) is 5.75 Å². The average Bonchev–Trinajstić information content (AvgIpc) is 2.82. The van der Waals surface area contributed by atoms with E-state index >= 15 is 0 Å². The molecule has 3 nitrogen and oxygen atoms in total. The lowest BCUT2D eigenvalue weighted by molar-refractivity contribution is 0.415. The largest absolute Gasteiger partial charge is 0.497 e. The standard InChI is InChI=1S/C14H11FN2OS/c1-18-9-6-7-13-12(8-9)17-14(19-13)16-11-5-3-2-4-10(11)15/h2-8H,1H3,(H,16,17). The highest BCUT2D eigenvalue weighted by atomic mass is 32.1. The highest BCUT2D eigenvalue weighted by Crippen LogP contribution is 2.31. The molecule has 1 N–H and O–H groups in total. The first-order chi connectivity index (χ1) is 9.26. The number of methoxy groups -OCH3 is 1. The Bertz CT molecular complexity index is 726. The molecule has 0 fully saturated rings. The zero-order chi connectivity index (χ0) is 13.2. The minimum absolute atomic E-state index is 0.292. The van der Waals surface area contributed by atoms with Gasteiger partial charge in [-0.25, -0.2) is 9.37 Å². The molecule has 0 spiro atoms. The van der Waals surface area contributed by atoms with Gasteiger partial charge in [0.25, 0.3) is 0 Å². The van der Waals surface area contributed by atoms with Crippen molar-refractivity contribution in [2.75, 3.05) is 12.4 Å². The normalized spacial score (nSPS) is 10.6. The van der Waals surface area contributed by atoms with Gasteiger partial charge in [-0.1, -0.05) is 23.5 Å². The van der Waals surface area contributed by atoms with E-state index in [-0.39, 0.29) is 5.82 Å². The van der Waals surface area contributed by atoms with Gasteiger partial charge in [-0.05, 0) is 24.3 Å². The summed E-state index contributed by atoms with van der Waals surface area (Å²) in [6.45, 7) is 0. The SMILES string of the molecule is COc1ccc2sc(Nc3ccccc3F)nc2c1. The highest BCUT2D eigenvalue weighted by Gasteiger charge is 2.07. The maximum absolute atomic E-state index is 13.5. The van der Waals surface area contributed by atoms with Gasteiger partial charge < -0.3 is 10.1 Å². The van der Waals surface area contributed by atoms with Crippen molar-refractivity contribution in [2.24, 2.45) is 0 Å². The quantitative estimate of drug-likeness (QED) is 0.777. The molecule has 3 rings (SSSR count). The molecular weight excluding hydrogens is 263 g/mol. The van der Waals surface area contributed by atoms with E-state index in [1.807, 2.05) is 18.2 Å². The first-order valence-corrected chi connectivity index (χ1v) is 6.54. The summed E-state index contributed by atoms with van der Waals surface area (Å²) in [5.74, 6) is 0.467. The van der Waals surface area contributed by atoms with Crippen LogP contribution in [0.15, 0.2) is 42.5 Å². The van der Waals surface area contributed by atoms with Crippen molar-refractivity contribution in [1.29, 1.82) is 0 Å². The Morgan fingerprint density at radius 2 is 2.05 bits per heavy atom. The second-order valence-electron chi connectivity index (χ2n) is 3.96. The summed E-state index contributed by atoms with van der Waals surface area (Å²) in [5, 5.41) is 3.65. The number of aromatic nitrogens is 1. The van der Waals surface area contributed by atoms with Crippen molar-refractivity contribution in [3.8, 4) is 5.75 Å². The first-order valence-electron chi connectivity index (χ1n) is 5.72. The van der Waals surface area contributed by atoms with Crippen molar-refractivity contribution in [2.45, 2.75) is 0 Å². The van der Waals surface area contributed by atoms with E-state index in [1.165, 1.54) is 17.4 Å². The molecule has 0 amide bonds. The van der Waals surface area contributed by atoms with E-state index in [0.717, 1.165) is 16.0 Å². The van der Waals surface area contributed by atoms with Crippen LogP contribution in [0.4, 0.5) is 15.2 Å². The fourth-order valence-corrected chi connectivity index (χ4v) is 2.62. The summed E-state index contributed by atoms with van der Waals surface area (Å²) in [6, 6.07) is 12.2. The van der Waals surface area contributed by atoms with Gasteiger partial charge in [0, 0.05) is 6.07 Å². The molecule has 0 aliphatic heterocycles. The number of fused-ring (bicyclic) bond motifs is 1. The molecule has 0 aliphatic rings. The van der Waals surface area contributed by atoms with Gasteiger partial charge in [0.2, 0.25) is 0 Å². The Morgan fingerprint density at radius 1 is 1.21 bits per heavy atom. The van der Waals surface area contributed by atoms with E-state index < -0.39 is 0 Å². The number of nitrogens with one attached hydrogen (secondary N) is 1. The number of halogens is 1. The molecule has 0 atom stereocenters. The third-order valence-corrected chi connectivity index (χ3v) is 3.66. The molecule has 0 radical (unpaired) electrons. The predicted octanol–water partition coefficient (Wildman–Crippen LogP) is 4.19. The second-order valence-corrected chi connectivity index (χ2v) is 4.99. The lowest BCUT2D eigenvalue weighted by Gasteiger charge is -2.02. The highest BCUT2D eigenvalue weighted by molar-refractivity contribution is 7.22. The Balaban J connectivity index is 1.95. The molecule has 5 heteroatoms. The number of ether oxygens (including phenoxy) is 1. The molecule has 0 saturated carbocycles. The van der Waals surface area contributed by atoms with Gasteiger partial charge in [-0.15, -0.1) is 0 Å². The predicted molar refractivity (Wildman–Crippen MR) is 75.9 cm³/mol. The summed E-state index contributed by atoms with van der Waals surface area (Å²) in [7, 11) is 1.62. The molecule has 0 unspecified atom stereocenters. The minimum Gasteiger partial charge on any atom is -0.497 e. The minimum atomic E-state index is -0.292. The first kappa shape index (κ1) is 11.9. The van der Waals surface area contributed by atoms with Gasteiger partial charge in [-0.2, -0.15) is 0 Å². The molecule has 2 aromatic carbocycles. The van der Waals surface area contributed by atoms with E-state index in [4.69, 9.17) is 4.74 Å². The number of para-hydroxylation sites is 1. The van der Waals surface area contributed by atoms with Crippen LogP contribution < -0.4 is 10.1 Å². The Kier molecular flexibility index (Phi) is 3.05. The van der Waals surface area contributed by atoms with E-state index in [9.17, 15) is 4.39 Å². The zero-order valence-corrected chi connectivity index (χ0v) is 11.0. The van der Waals surface area contributed by atoms with Crippen LogP contribution in [0.25, 0.3) is 10.2 Å². The molecule has 19 heavy (non-hydrogen) atoms. The van der Waals surface area contributed by atoms with Crippen LogP contribution in [0.3, 0.4) is 0 Å². The third kappa shape index (κ3) is 2.37. The van der Waals surface area contributed by atoms with Crippen molar-refractivity contribution in [3.05, 3.63) is 48.3 Å². The Hall–Kier alpha value is -2.14. The fourth-order valence-electron chi connectivity index (χ4n) is 1.77. The number of hydrogen-bond acceptors (Lipinski definition) is 4. The number of hydrogen-bond donors (Lipinski definition) is 1. The summed E-state index contributed by atoms with van der Waals surface area (Å²) in [5.41, 5.74) is 1.26. The Morgan fingerprint density at radius 3 is 2.84 bits per heavy atom. The van der Waals surface area contributed by atoms with Crippen molar-refractivity contribution in [3.63, 3.8) is 0 Å². The lowest BCUT2D eigenvalue weighted by Crippen LogP contribution is -1.92. The second kappa shape index (κ2) is 4.85. The number of rotatable bonds is 3. The van der Waals surface area contributed by atoms with Crippen LogP contribution in [0.1, 0.15) is 0 Å². The van der Waals surface area contributed by atoms with Gasteiger partial charge in [0.1, 0.15) is 11.6 Å². The summed E-state index contributed by atoms with van der Waals surface area (Å²) >= 11 is 1.48. The van der Waals surface area contributed by atoms with E-state index in [2.05, 4.69) is 10.3 Å². The van der Waals surface area contributed by atoms with Gasteiger partial charge in [0.05, 0.1) is 23.0 Å². The third-order valence-electron chi connectivity index (χ3n) is 2.71. The van der Waals surface area contributed by atoms with Crippen LogP contribution in [-0.2, 0) is 0 Å². The molecular formula is C14H11FN2OS. The summed E-state index contributed by atoms with van der Waals surface area (Å²) in [6.07, 6.45) is 0.